The summed E-state index contributed by atoms with van der Waals surface area (Å²) >= 11 is 0. The number of hydrogen-bond donors (Lipinski definition) is 0. The lowest BCUT2D eigenvalue weighted by Gasteiger charge is -2.29. The lowest BCUT2D eigenvalue weighted by molar-refractivity contribution is -1.24. The molecule has 0 rings (SSSR count). The van der Waals surface area contributed by atoms with E-state index in [0.29, 0.717) is 26.3 Å². The van der Waals surface area contributed by atoms with Crippen molar-refractivity contribution in [2.75, 3.05) is 26.3 Å². The van der Waals surface area contributed by atoms with Gasteiger partial charge < -0.3 is 12.4 Å². The molecule has 0 unspecified atom stereocenters. The summed E-state index contributed by atoms with van der Waals surface area (Å²) in [6, 6.07) is 0. The Hall–Kier alpha value is -0.350. The topological polar surface area (TPSA) is 18.5 Å². The van der Waals surface area contributed by atoms with E-state index in [0.717, 1.165) is 0 Å². The molecule has 0 atom stereocenters. The van der Waals surface area contributed by atoms with Crippen LogP contribution in [0.25, 0.3) is 0 Å². The minimum Gasteiger partial charge on any atom is -1.00 e. The van der Waals surface area contributed by atoms with Crippen LogP contribution in [0.3, 0.4) is 0 Å². The van der Waals surface area contributed by atoms with Gasteiger partial charge in [-0.3, -0.25) is 0 Å². The summed E-state index contributed by atoms with van der Waals surface area (Å²) < 4.78 is 0. The zero-order valence-electron chi connectivity index (χ0n) is 9.04. The molecule has 0 aliphatic heterocycles. The molecule has 0 aromatic carbocycles. The van der Waals surface area contributed by atoms with E-state index in [1.54, 1.807) is 12.2 Å². The van der Waals surface area contributed by atoms with Crippen molar-refractivity contribution in [3.8, 4) is 0 Å². The third kappa shape index (κ3) is 5.40. The van der Waals surface area contributed by atoms with Gasteiger partial charge in [0.25, 0.3) is 0 Å². The molecule has 84 valence electrons. The molecule has 4 heteroatoms. The van der Waals surface area contributed by atoms with E-state index in [9.17, 15) is 0 Å². The second kappa shape index (κ2) is 9.21. The van der Waals surface area contributed by atoms with Crippen LogP contribution in [-0.2, 0) is 9.68 Å². The quantitative estimate of drug-likeness (QED) is 0.300. The predicted octanol–water partition coefficient (Wildman–Crippen LogP) is -0.918. The van der Waals surface area contributed by atoms with E-state index in [1.807, 2.05) is 13.8 Å². The minimum atomic E-state index is 0. The average Bonchev–Trinajstić information content (AvgIpc) is 2.06. The minimum absolute atomic E-state index is 0. The van der Waals surface area contributed by atoms with E-state index in [4.69, 9.17) is 9.68 Å². The van der Waals surface area contributed by atoms with Gasteiger partial charge in [0.1, 0.15) is 13.2 Å². The van der Waals surface area contributed by atoms with Gasteiger partial charge in [0, 0.05) is 0 Å². The van der Waals surface area contributed by atoms with E-state index in [-0.39, 0.29) is 17.2 Å². The van der Waals surface area contributed by atoms with Gasteiger partial charge >= 0.3 is 0 Å². The molecule has 0 aromatic heterocycles. The van der Waals surface area contributed by atoms with Gasteiger partial charge in [-0.05, 0) is 30.8 Å². The zero-order chi connectivity index (χ0) is 10.2. The highest BCUT2D eigenvalue weighted by Gasteiger charge is 2.27. The Labute approximate surface area is 92.9 Å². The van der Waals surface area contributed by atoms with Gasteiger partial charge in [0.15, 0.2) is 13.1 Å². The summed E-state index contributed by atoms with van der Waals surface area (Å²) in [6.45, 7) is 13.7. The molecule has 0 fully saturated rings. The Bertz CT molecular complexity index is 144. The lowest BCUT2D eigenvalue weighted by atomic mass is 10.5. The molecule has 0 N–H and O–H groups in total. The molecule has 0 aliphatic rings. The van der Waals surface area contributed by atoms with Crippen LogP contribution in [-0.4, -0.2) is 31.1 Å². The maximum atomic E-state index is 5.52. The third-order valence-electron chi connectivity index (χ3n) is 1.54. The van der Waals surface area contributed by atoms with Crippen LogP contribution in [0.15, 0.2) is 25.3 Å². The van der Waals surface area contributed by atoms with Crippen molar-refractivity contribution in [1.29, 1.82) is 0 Å². The summed E-state index contributed by atoms with van der Waals surface area (Å²) in [5.74, 6) is 0. The van der Waals surface area contributed by atoms with Gasteiger partial charge in [-0.2, -0.15) is 9.68 Å². The van der Waals surface area contributed by atoms with Gasteiger partial charge in [0.05, 0.1) is 0 Å². The Morgan fingerprint density at radius 2 is 1.36 bits per heavy atom. The first kappa shape index (κ1) is 16.1. The molecule has 0 amide bonds. The first-order chi connectivity index (χ1) is 6.24. The zero-order valence-corrected chi connectivity index (χ0v) is 9.79. The third-order valence-corrected chi connectivity index (χ3v) is 1.54. The fourth-order valence-corrected chi connectivity index (χ4v) is 1.19. The van der Waals surface area contributed by atoms with Gasteiger partial charge in [-0.15, -0.1) is 0 Å². The number of rotatable bonds is 8. The van der Waals surface area contributed by atoms with Crippen molar-refractivity contribution in [2.45, 2.75) is 13.8 Å². The second-order valence-corrected chi connectivity index (χ2v) is 2.59. The summed E-state index contributed by atoms with van der Waals surface area (Å²) in [4.78, 5) is 11.2. The molecule has 14 heavy (non-hydrogen) atoms. The molecule has 0 radical (unpaired) electrons. The first-order valence-electron chi connectivity index (χ1n) is 4.62. The largest absolute Gasteiger partial charge is 1.00 e. The van der Waals surface area contributed by atoms with Crippen molar-refractivity contribution in [1.82, 2.24) is 0 Å². The van der Waals surface area contributed by atoms with E-state index >= 15 is 0 Å². The van der Waals surface area contributed by atoms with Crippen molar-refractivity contribution in [2.24, 2.45) is 0 Å². The molecule has 0 heterocycles. The van der Waals surface area contributed by atoms with Crippen molar-refractivity contribution in [3.05, 3.63) is 25.3 Å². The summed E-state index contributed by atoms with van der Waals surface area (Å²) in [7, 11) is 0. The average molecular weight is 222 g/mol. The highest BCUT2D eigenvalue weighted by Crippen LogP contribution is 2.10. The fourth-order valence-electron chi connectivity index (χ4n) is 1.19. The number of halogens is 1. The summed E-state index contributed by atoms with van der Waals surface area (Å²) in [5, 5.41) is 0. The van der Waals surface area contributed by atoms with Crippen LogP contribution in [0.2, 0.25) is 0 Å². The molecule has 0 spiro atoms. The van der Waals surface area contributed by atoms with Crippen LogP contribution < -0.4 is 12.4 Å². The van der Waals surface area contributed by atoms with E-state index < -0.39 is 0 Å². The molecular formula is C10H20ClNO2. The molecule has 0 bridgehead atoms. The summed E-state index contributed by atoms with van der Waals surface area (Å²) in [6.07, 6.45) is 3.57. The molecule has 0 aliphatic carbocycles. The van der Waals surface area contributed by atoms with Crippen molar-refractivity contribution < 1.29 is 26.9 Å². The van der Waals surface area contributed by atoms with Crippen molar-refractivity contribution >= 4 is 0 Å². The molecule has 0 saturated carbocycles. The van der Waals surface area contributed by atoms with Gasteiger partial charge in [-0.25, -0.2) is 0 Å². The van der Waals surface area contributed by atoms with E-state index in [1.165, 1.54) is 0 Å². The summed E-state index contributed by atoms with van der Waals surface area (Å²) in [5.41, 5.74) is 0. The van der Waals surface area contributed by atoms with Crippen LogP contribution >= 0.6 is 0 Å². The Morgan fingerprint density at radius 3 is 1.57 bits per heavy atom. The Kier molecular flexibility index (Phi) is 10.6. The van der Waals surface area contributed by atoms with Crippen LogP contribution in [0.1, 0.15) is 13.8 Å². The molecule has 0 aromatic rings. The highest BCUT2D eigenvalue weighted by atomic mass is 35.5. The maximum Gasteiger partial charge on any atom is 0.161 e. The number of hydroxylamine groups is 4. The Morgan fingerprint density at radius 1 is 1.00 bits per heavy atom. The van der Waals surface area contributed by atoms with Crippen LogP contribution in [0.5, 0.6) is 0 Å². The van der Waals surface area contributed by atoms with E-state index in [2.05, 4.69) is 13.2 Å². The molecule has 0 saturated heterocycles. The first-order valence-corrected chi connectivity index (χ1v) is 4.62. The highest BCUT2D eigenvalue weighted by molar-refractivity contribution is 4.68. The predicted molar refractivity (Wildman–Crippen MR) is 53.6 cm³/mol. The van der Waals surface area contributed by atoms with Crippen LogP contribution in [0, 0.1) is 0 Å². The number of quaternary nitrogens is 1. The molecule has 3 nitrogen and oxygen atoms in total. The molecular weight excluding hydrogens is 202 g/mol. The normalized spacial score (nSPS) is 10.4. The number of nitrogens with zero attached hydrogens (tertiary/aromatic N) is 1. The smallest absolute Gasteiger partial charge is 0.161 e. The maximum absolute atomic E-state index is 5.52. The Balaban J connectivity index is 0. The fraction of sp³-hybridized carbons (Fsp3) is 0.600. The van der Waals surface area contributed by atoms with Gasteiger partial charge in [-0.1, -0.05) is 13.2 Å². The standard InChI is InChI=1S/C10H20NO2.ClH/c1-5-9-11(10-6-2,12-7-3)13-8-4;/h5-6H,1-2,7-10H2,3-4H3;1H/q+1;/p-1. The SMILES string of the molecule is C=CC[N+](CC=C)(OCC)OCC.[Cl-]. The monoisotopic (exact) mass is 221 g/mol. The lowest BCUT2D eigenvalue weighted by Crippen LogP contribution is -3.00. The van der Waals surface area contributed by atoms with Gasteiger partial charge in [0.2, 0.25) is 0 Å². The second-order valence-electron chi connectivity index (χ2n) is 2.59. The van der Waals surface area contributed by atoms with Crippen molar-refractivity contribution in [3.63, 3.8) is 0 Å². The van der Waals surface area contributed by atoms with Crippen LogP contribution in [0.4, 0.5) is 0 Å². The number of hydrogen-bond acceptors (Lipinski definition) is 2.